The predicted octanol–water partition coefficient (Wildman–Crippen LogP) is 0.797. The van der Waals surface area contributed by atoms with Gasteiger partial charge in [0.25, 0.3) is 0 Å². The molecule has 2 saturated carbocycles. The van der Waals surface area contributed by atoms with Crippen LogP contribution in [0.15, 0.2) is 18.7 Å². The fourth-order valence-electron chi connectivity index (χ4n) is 4.01. The summed E-state index contributed by atoms with van der Waals surface area (Å²) in [5.41, 5.74) is 6.03. The molecule has 2 fully saturated rings. The second-order valence-corrected chi connectivity index (χ2v) is 8.04. The number of aliphatic hydroxyl groups excluding tert-OH is 2. The second-order valence-electron chi connectivity index (χ2n) is 8.04. The number of nitrogens with two attached hydrogens (primary N) is 1. The van der Waals surface area contributed by atoms with Crippen LogP contribution in [0.2, 0.25) is 0 Å². The minimum Gasteiger partial charge on any atom is -0.390 e. The number of hydrogen-bond donors (Lipinski definition) is 4. The Bertz CT molecular complexity index is 555. The third-order valence-corrected chi connectivity index (χ3v) is 5.81. The van der Waals surface area contributed by atoms with Crippen molar-refractivity contribution in [2.24, 2.45) is 17.6 Å². The summed E-state index contributed by atoms with van der Waals surface area (Å²) in [6.45, 7) is 0.337. The largest absolute Gasteiger partial charge is 0.390 e. The minimum atomic E-state index is -0.936. The number of carbonyl (C=O) groups is 1. The highest BCUT2D eigenvalue weighted by atomic mass is 16.3. The van der Waals surface area contributed by atoms with Crippen LogP contribution in [-0.4, -0.2) is 50.0 Å². The number of nitrogens with zero attached hydrogens (tertiary/aromatic N) is 2. The van der Waals surface area contributed by atoms with Gasteiger partial charge in [-0.3, -0.25) is 4.79 Å². The third kappa shape index (κ3) is 5.28. The quantitative estimate of drug-likeness (QED) is 0.518. The van der Waals surface area contributed by atoms with Crippen molar-refractivity contribution in [1.29, 1.82) is 0 Å². The number of nitrogens with one attached hydrogen (secondary N) is 1. The van der Waals surface area contributed by atoms with E-state index in [4.69, 9.17) is 5.73 Å². The first-order chi connectivity index (χ1) is 12.5. The van der Waals surface area contributed by atoms with Gasteiger partial charge >= 0.3 is 0 Å². The maximum atomic E-state index is 12.6. The van der Waals surface area contributed by atoms with Crippen LogP contribution in [-0.2, 0) is 11.3 Å². The Hall–Kier alpha value is -1.44. The van der Waals surface area contributed by atoms with Gasteiger partial charge in [0.1, 0.15) is 12.1 Å². The van der Waals surface area contributed by atoms with Gasteiger partial charge in [0, 0.05) is 18.9 Å². The van der Waals surface area contributed by atoms with Gasteiger partial charge in [0.2, 0.25) is 5.91 Å². The molecule has 1 amide bonds. The number of amides is 1. The van der Waals surface area contributed by atoms with Crippen LogP contribution in [0, 0.1) is 11.8 Å². The molecule has 7 heteroatoms. The fourth-order valence-corrected chi connectivity index (χ4v) is 4.01. The Labute approximate surface area is 155 Å². The van der Waals surface area contributed by atoms with E-state index >= 15 is 0 Å². The van der Waals surface area contributed by atoms with Crippen LogP contribution in [0.4, 0.5) is 0 Å². The molecule has 26 heavy (non-hydrogen) atoms. The van der Waals surface area contributed by atoms with Gasteiger partial charge in [-0.25, -0.2) is 4.98 Å². The van der Waals surface area contributed by atoms with Gasteiger partial charge in [-0.15, -0.1) is 0 Å². The van der Waals surface area contributed by atoms with Crippen molar-refractivity contribution in [3.63, 3.8) is 0 Å². The zero-order valence-electron chi connectivity index (χ0n) is 15.3. The Morgan fingerprint density at radius 3 is 2.58 bits per heavy atom. The van der Waals surface area contributed by atoms with Crippen LogP contribution < -0.4 is 11.1 Å². The fraction of sp³-hybridized carbons (Fsp3) is 0.789. The molecule has 2 aliphatic rings. The van der Waals surface area contributed by atoms with Crippen LogP contribution in [0.5, 0.6) is 0 Å². The summed E-state index contributed by atoms with van der Waals surface area (Å²) in [6.07, 6.45) is 11.8. The topological polar surface area (TPSA) is 113 Å². The zero-order valence-corrected chi connectivity index (χ0v) is 15.3. The number of aromatic nitrogens is 2. The van der Waals surface area contributed by atoms with Crippen molar-refractivity contribution >= 4 is 5.91 Å². The van der Waals surface area contributed by atoms with E-state index in [0.29, 0.717) is 18.9 Å². The summed E-state index contributed by atoms with van der Waals surface area (Å²) in [5, 5.41) is 24.0. The second kappa shape index (κ2) is 8.97. The van der Waals surface area contributed by atoms with Gasteiger partial charge < -0.3 is 25.8 Å². The van der Waals surface area contributed by atoms with Crippen molar-refractivity contribution in [1.82, 2.24) is 14.9 Å². The molecule has 0 bridgehead atoms. The van der Waals surface area contributed by atoms with Crippen LogP contribution in [0.25, 0.3) is 0 Å². The molecule has 0 saturated heterocycles. The van der Waals surface area contributed by atoms with Gasteiger partial charge in [-0.2, -0.15) is 0 Å². The zero-order chi connectivity index (χ0) is 18.5. The number of imidazole rings is 1. The molecule has 0 unspecified atom stereocenters. The summed E-state index contributed by atoms with van der Waals surface area (Å²) >= 11 is 0. The smallest absolute Gasteiger partial charge is 0.239 e. The molecule has 7 nitrogen and oxygen atoms in total. The van der Waals surface area contributed by atoms with Crippen molar-refractivity contribution in [2.45, 2.75) is 82.2 Å². The monoisotopic (exact) mass is 364 g/mol. The van der Waals surface area contributed by atoms with E-state index in [1.807, 2.05) is 0 Å². The predicted molar refractivity (Wildman–Crippen MR) is 98.1 cm³/mol. The van der Waals surface area contributed by atoms with Crippen molar-refractivity contribution < 1.29 is 15.0 Å². The van der Waals surface area contributed by atoms with Gasteiger partial charge in [-0.05, 0) is 31.1 Å². The Morgan fingerprint density at radius 2 is 1.96 bits per heavy atom. The summed E-state index contributed by atoms with van der Waals surface area (Å²) in [5.74, 6) is 0.358. The van der Waals surface area contributed by atoms with E-state index < -0.39 is 24.3 Å². The van der Waals surface area contributed by atoms with E-state index in [1.165, 1.54) is 19.3 Å². The van der Waals surface area contributed by atoms with Crippen LogP contribution in [0.3, 0.4) is 0 Å². The molecule has 0 spiro atoms. The lowest BCUT2D eigenvalue weighted by atomic mass is 9.82. The van der Waals surface area contributed by atoms with Gasteiger partial charge in [0.15, 0.2) is 0 Å². The highest BCUT2D eigenvalue weighted by Gasteiger charge is 2.39. The molecule has 0 aliphatic heterocycles. The van der Waals surface area contributed by atoms with E-state index in [1.54, 1.807) is 23.3 Å². The van der Waals surface area contributed by atoms with Crippen LogP contribution in [0.1, 0.15) is 51.4 Å². The SMILES string of the molecule is N[C@@H](Cn1ccnc1)C(=O)N[C@@H](CC1CCCCC1)[C@@H](O)[C@@H](O)C1CC1. The van der Waals surface area contributed by atoms with Crippen molar-refractivity contribution in [3.8, 4) is 0 Å². The molecule has 0 aromatic carbocycles. The molecule has 3 rings (SSSR count). The molecule has 1 aromatic rings. The normalized spacial score (nSPS) is 23.2. The number of hydrogen-bond acceptors (Lipinski definition) is 5. The Balaban J connectivity index is 1.60. The highest BCUT2D eigenvalue weighted by Crippen LogP contribution is 2.36. The lowest BCUT2D eigenvalue weighted by molar-refractivity contribution is -0.125. The summed E-state index contributed by atoms with van der Waals surface area (Å²) in [7, 11) is 0. The maximum Gasteiger partial charge on any atom is 0.239 e. The summed E-state index contributed by atoms with van der Waals surface area (Å²) in [4.78, 5) is 16.5. The van der Waals surface area contributed by atoms with Crippen molar-refractivity contribution in [3.05, 3.63) is 18.7 Å². The lowest BCUT2D eigenvalue weighted by Crippen LogP contribution is -2.54. The van der Waals surface area contributed by atoms with E-state index in [-0.39, 0.29) is 11.8 Å². The average molecular weight is 364 g/mol. The summed E-state index contributed by atoms with van der Waals surface area (Å²) in [6, 6.07) is -1.17. The molecular formula is C19H32N4O3. The Kier molecular flexibility index (Phi) is 6.67. The molecule has 1 heterocycles. The standard InChI is InChI=1S/C19H32N4O3/c20-15(11-23-9-8-21-12-23)19(26)22-16(10-13-4-2-1-3-5-13)18(25)17(24)14-6-7-14/h8-9,12-18,24-25H,1-7,10-11,20H2,(H,22,26)/t15-,16-,17-,18+/m0/s1. The molecule has 2 aliphatic carbocycles. The van der Waals surface area contributed by atoms with E-state index in [0.717, 1.165) is 25.7 Å². The molecule has 146 valence electrons. The molecule has 5 N–H and O–H groups in total. The molecular weight excluding hydrogens is 332 g/mol. The first-order valence-corrected chi connectivity index (χ1v) is 9.92. The summed E-state index contributed by atoms with van der Waals surface area (Å²) < 4.78 is 1.76. The van der Waals surface area contributed by atoms with E-state index in [9.17, 15) is 15.0 Å². The maximum absolute atomic E-state index is 12.6. The molecule has 1 aromatic heterocycles. The number of rotatable bonds is 9. The van der Waals surface area contributed by atoms with Crippen molar-refractivity contribution in [2.75, 3.05) is 0 Å². The average Bonchev–Trinajstić information content (AvgIpc) is 3.38. The first-order valence-electron chi connectivity index (χ1n) is 9.92. The minimum absolute atomic E-state index is 0.162. The number of carbonyl (C=O) groups excluding carboxylic acids is 1. The highest BCUT2D eigenvalue weighted by molar-refractivity contribution is 5.81. The first kappa shape index (κ1) is 19.3. The third-order valence-electron chi connectivity index (χ3n) is 5.81. The molecule has 4 atom stereocenters. The van der Waals surface area contributed by atoms with E-state index in [2.05, 4.69) is 10.3 Å². The van der Waals surface area contributed by atoms with Gasteiger partial charge in [-0.1, -0.05) is 32.1 Å². The van der Waals surface area contributed by atoms with Crippen LogP contribution >= 0.6 is 0 Å². The lowest BCUT2D eigenvalue weighted by Gasteiger charge is -2.33. The van der Waals surface area contributed by atoms with Gasteiger partial charge in [0.05, 0.1) is 18.5 Å². The Morgan fingerprint density at radius 1 is 1.23 bits per heavy atom. The molecule has 0 radical (unpaired) electrons. The number of aliphatic hydroxyl groups is 2.